The highest BCUT2D eigenvalue weighted by Gasteiger charge is 2.18. The van der Waals surface area contributed by atoms with Crippen LogP contribution in [0.3, 0.4) is 0 Å². The molecule has 0 amide bonds. The SMILES string of the molecule is Cc1cc(C(=N)N)cc(N2CCCCc3ccccc32)n1. The van der Waals surface area contributed by atoms with E-state index >= 15 is 0 Å². The third-order valence-electron chi connectivity index (χ3n) is 3.89. The van der Waals surface area contributed by atoms with Crippen LogP contribution in [0.5, 0.6) is 0 Å². The largest absolute Gasteiger partial charge is 0.384 e. The van der Waals surface area contributed by atoms with Gasteiger partial charge in [0.1, 0.15) is 11.7 Å². The number of hydrogen-bond donors (Lipinski definition) is 2. The molecule has 0 fully saturated rings. The third kappa shape index (κ3) is 2.75. The molecule has 2 aromatic rings. The van der Waals surface area contributed by atoms with Gasteiger partial charge in [0.2, 0.25) is 0 Å². The lowest BCUT2D eigenvalue weighted by Crippen LogP contribution is -2.21. The molecule has 0 aliphatic carbocycles. The number of fused-ring (bicyclic) bond motifs is 1. The molecule has 1 aliphatic heterocycles. The van der Waals surface area contributed by atoms with Gasteiger partial charge in [-0.05, 0) is 49.9 Å². The van der Waals surface area contributed by atoms with E-state index in [0.717, 1.165) is 36.5 Å². The van der Waals surface area contributed by atoms with Crippen molar-refractivity contribution in [3.8, 4) is 0 Å². The second-order valence-electron chi connectivity index (χ2n) is 5.51. The molecule has 0 unspecified atom stereocenters. The summed E-state index contributed by atoms with van der Waals surface area (Å²) in [5.41, 5.74) is 9.86. The molecule has 0 radical (unpaired) electrons. The molecule has 0 bridgehead atoms. The average molecular weight is 280 g/mol. The van der Waals surface area contributed by atoms with Crippen LogP contribution in [0.1, 0.15) is 29.7 Å². The Kier molecular flexibility index (Phi) is 3.60. The lowest BCUT2D eigenvalue weighted by Gasteiger charge is -2.24. The molecule has 0 atom stereocenters. The number of hydrogen-bond acceptors (Lipinski definition) is 3. The number of nitrogens with two attached hydrogens (primary N) is 1. The van der Waals surface area contributed by atoms with Crippen molar-refractivity contribution in [2.45, 2.75) is 26.2 Å². The molecule has 1 aliphatic rings. The van der Waals surface area contributed by atoms with Gasteiger partial charge in [-0.15, -0.1) is 0 Å². The van der Waals surface area contributed by atoms with Crippen LogP contribution in [0, 0.1) is 12.3 Å². The molecule has 1 aromatic heterocycles. The minimum absolute atomic E-state index is 0.0878. The minimum Gasteiger partial charge on any atom is -0.384 e. The van der Waals surface area contributed by atoms with Gasteiger partial charge in [-0.25, -0.2) is 4.98 Å². The van der Waals surface area contributed by atoms with Crippen LogP contribution in [0.4, 0.5) is 11.5 Å². The number of amidine groups is 1. The van der Waals surface area contributed by atoms with E-state index in [2.05, 4.69) is 34.1 Å². The zero-order valence-corrected chi connectivity index (χ0v) is 12.3. The lowest BCUT2D eigenvalue weighted by molar-refractivity contribution is 0.757. The maximum absolute atomic E-state index is 7.66. The molecule has 0 saturated carbocycles. The van der Waals surface area contributed by atoms with Crippen molar-refractivity contribution in [2.24, 2.45) is 5.73 Å². The van der Waals surface area contributed by atoms with E-state index in [1.807, 2.05) is 19.1 Å². The summed E-state index contributed by atoms with van der Waals surface area (Å²) >= 11 is 0. The predicted octanol–water partition coefficient (Wildman–Crippen LogP) is 3.15. The highest BCUT2D eigenvalue weighted by molar-refractivity contribution is 5.95. The van der Waals surface area contributed by atoms with E-state index in [4.69, 9.17) is 11.1 Å². The Morgan fingerprint density at radius 1 is 1.24 bits per heavy atom. The number of pyridine rings is 1. The van der Waals surface area contributed by atoms with Gasteiger partial charge in [0, 0.05) is 23.5 Å². The van der Waals surface area contributed by atoms with Crippen LogP contribution in [0.15, 0.2) is 36.4 Å². The fraction of sp³-hybridized carbons (Fsp3) is 0.294. The molecule has 108 valence electrons. The maximum atomic E-state index is 7.66. The Hall–Kier alpha value is -2.36. The molecule has 0 saturated heterocycles. The molecule has 3 rings (SSSR count). The Balaban J connectivity index is 2.09. The van der Waals surface area contributed by atoms with Gasteiger partial charge in [-0.2, -0.15) is 0 Å². The summed E-state index contributed by atoms with van der Waals surface area (Å²) in [5, 5.41) is 7.66. The molecular weight excluding hydrogens is 260 g/mol. The zero-order valence-electron chi connectivity index (χ0n) is 12.3. The number of anilines is 2. The second-order valence-corrected chi connectivity index (χ2v) is 5.51. The standard InChI is InChI=1S/C17H20N4/c1-12-10-14(17(18)19)11-16(20-12)21-9-5-4-7-13-6-2-3-8-15(13)21/h2-3,6,8,10-11H,4-5,7,9H2,1H3,(H3,18,19). The number of nitrogen functional groups attached to an aromatic ring is 1. The Morgan fingerprint density at radius 3 is 2.86 bits per heavy atom. The van der Waals surface area contributed by atoms with E-state index in [1.54, 1.807) is 0 Å². The van der Waals surface area contributed by atoms with E-state index in [9.17, 15) is 0 Å². The van der Waals surface area contributed by atoms with Gasteiger partial charge in [0.05, 0.1) is 0 Å². The molecule has 0 spiro atoms. The molecule has 4 nitrogen and oxygen atoms in total. The molecular formula is C17H20N4. The van der Waals surface area contributed by atoms with Crippen LogP contribution in [-0.4, -0.2) is 17.4 Å². The van der Waals surface area contributed by atoms with Crippen molar-refractivity contribution in [3.63, 3.8) is 0 Å². The summed E-state index contributed by atoms with van der Waals surface area (Å²) in [6.07, 6.45) is 3.44. The molecule has 2 heterocycles. The van der Waals surface area contributed by atoms with E-state index in [1.165, 1.54) is 17.7 Å². The van der Waals surface area contributed by atoms with Crippen LogP contribution < -0.4 is 10.6 Å². The number of aryl methyl sites for hydroxylation is 2. The topological polar surface area (TPSA) is 66.0 Å². The summed E-state index contributed by atoms with van der Waals surface area (Å²) in [7, 11) is 0. The number of nitrogens with zero attached hydrogens (tertiary/aromatic N) is 2. The number of nitrogens with one attached hydrogen (secondary N) is 1. The van der Waals surface area contributed by atoms with E-state index in [-0.39, 0.29) is 5.84 Å². The Morgan fingerprint density at radius 2 is 2.05 bits per heavy atom. The summed E-state index contributed by atoms with van der Waals surface area (Å²) in [5.74, 6) is 0.972. The summed E-state index contributed by atoms with van der Waals surface area (Å²) in [6, 6.07) is 12.3. The van der Waals surface area contributed by atoms with Gasteiger partial charge in [0.25, 0.3) is 0 Å². The second kappa shape index (κ2) is 5.56. The van der Waals surface area contributed by atoms with Crippen LogP contribution in [-0.2, 0) is 6.42 Å². The maximum Gasteiger partial charge on any atom is 0.133 e. The summed E-state index contributed by atoms with van der Waals surface area (Å²) in [4.78, 5) is 6.91. The highest BCUT2D eigenvalue weighted by Crippen LogP contribution is 2.32. The fourth-order valence-corrected chi connectivity index (χ4v) is 2.87. The normalized spacial score (nSPS) is 14.4. The van der Waals surface area contributed by atoms with Crippen molar-refractivity contribution in [1.82, 2.24) is 4.98 Å². The van der Waals surface area contributed by atoms with Gasteiger partial charge < -0.3 is 10.6 Å². The predicted molar refractivity (Wildman–Crippen MR) is 86.4 cm³/mol. The van der Waals surface area contributed by atoms with E-state index in [0.29, 0.717) is 0 Å². The first-order chi connectivity index (χ1) is 10.1. The molecule has 3 N–H and O–H groups in total. The summed E-state index contributed by atoms with van der Waals surface area (Å²) < 4.78 is 0. The molecule has 21 heavy (non-hydrogen) atoms. The average Bonchev–Trinajstić information content (AvgIpc) is 2.69. The highest BCUT2D eigenvalue weighted by atomic mass is 15.2. The quantitative estimate of drug-likeness (QED) is 0.656. The van der Waals surface area contributed by atoms with Crippen molar-refractivity contribution in [2.75, 3.05) is 11.4 Å². The van der Waals surface area contributed by atoms with Crippen molar-refractivity contribution >= 4 is 17.3 Å². The van der Waals surface area contributed by atoms with Crippen LogP contribution in [0.25, 0.3) is 0 Å². The van der Waals surface area contributed by atoms with E-state index < -0.39 is 0 Å². The number of rotatable bonds is 2. The third-order valence-corrected chi connectivity index (χ3v) is 3.89. The first-order valence-corrected chi connectivity index (χ1v) is 7.33. The van der Waals surface area contributed by atoms with Gasteiger partial charge in [0.15, 0.2) is 0 Å². The first-order valence-electron chi connectivity index (χ1n) is 7.33. The smallest absolute Gasteiger partial charge is 0.133 e. The monoisotopic (exact) mass is 280 g/mol. The van der Waals surface area contributed by atoms with Crippen molar-refractivity contribution < 1.29 is 0 Å². The number of benzene rings is 1. The zero-order chi connectivity index (χ0) is 14.8. The lowest BCUT2D eigenvalue weighted by atomic mass is 10.1. The Labute approximate surface area is 125 Å². The van der Waals surface area contributed by atoms with Gasteiger partial charge >= 0.3 is 0 Å². The van der Waals surface area contributed by atoms with Crippen LogP contribution >= 0.6 is 0 Å². The Bertz CT molecular complexity index is 678. The van der Waals surface area contributed by atoms with Crippen LogP contribution in [0.2, 0.25) is 0 Å². The van der Waals surface area contributed by atoms with Gasteiger partial charge in [-0.3, -0.25) is 5.41 Å². The van der Waals surface area contributed by atoms with Gasteiger partial charge in [-0.1, -0.05) is 18.2 Å². The number of para-hydroxylation sites is 1. The summed E-state index contributed by atoms with van der Waals surface area (Å²) in [6.45, 7) is 2.89. The van der Waals surface area contributed by atoms with Crippen molar-refractivity contribution in [3.05, 3.63) is 53.2 Å². The first kappa shape index (κ1) is 13.6. The number of aromatic nitrogens is 1. The minimum atomic E-state index is 0.0878. The molecule has 4 heteroatoms. The fourth-order valence-electron chi connectivity index (χ4n) is 2.87. The molecule has 1 aromatic carbocycles. The van der Waals surface area contributed by atoms with Crippen molar-refractivity contribution in [1.29, 1.82) is 5.41 Å².